The van der Waals surface area contributed by atoms with Crippen molar-refractivity contribution in [3.63, 3.8) is 0 Å². The number of carbonyl (C=O) groups is 1. The lowest BCUT2D eigenvalue weighted by molar-refractivity contribution is 0.0779. The first-order chi connectivity index (χ1) is 12.5. The number of hydrogen-bond donors (Lipinski definition) is 3. The van der Waals surface area contributed by atoms with Gasteiger partial charge in [0.1, 0.15) is 17.5 Å². The summed E-state index contributed by atoms with van der Waals surface area (Å²) in [5, 5.41) is 12.1. The first kappa shape index (κ1) is 17.0. The summed E-state index contributed by atoms with van der Waals surface area (Å²) in [6.07, 6.45) is 1.62. The van der Waals surface area contributed by atoms with E-state index in [1.807, 2.05) is 0 Å². The normalized spacial score (nSPS) is 24.8. The lowest BCUT2D eigenvalue weighted by Gasteiger charge is -2.38. The second-order valence-electron chi connectivity index (χ2n) is 6.29. The largest absolute Gasteiger partial charge is 0.475 e. The molecule has 138 valence electrons. The second kappa shape index (κ2) is 6.36. The van der Waals surface area contributed by atoms with Crippen molar-refractivity contribution in [2.75, 3.05) is 13.2 Å². The van der Waals surface area contributed by atoms with Crippen molar-refractivity contribution in [1.82, 2.24) is 25.2 Å². The SMILES string of the molecule is O=C(O)N1[C@@H]2CC[C@H]1[C@@H](COc1nc(Cl)c(F)c3nc[nH]c(=O)c13)NC2. The highest BCUT2D eigenvalue weighted by atomic mass is 35.5. The van der Waals surface area contributed by atoms with E-state index in [0.717, 1.165) is 19.2 Å². The molecule has 4 heterocycles. The van der Waals surface area contributed by atoms with E-state index < -0.39 is 22.6 Å². The zero-order valence-corrected chi connectivity index (χ0v) is 14.2. The Labute approximate surface area is 151 Å². The summed E-state index contributed by atoms with van der Waals surface area (Å²) >= 11 is 5.77. The van der Waals surface area contributed by atoms with Crippen molar-refractivity contribution in [3.8, 4) is 5.88 Å². The van der Waals surface area contributed by atoms with Gasteiger partial charge in [-0.15, -0.1) is 0 Å². The molecule has 2 aliphatic rings. The molecule has 0 saturated carbocycles. The van der Waals surface area contributed by atoms with E-state index in [2.05, 4.69) is 20.3 Å². The lowest BCUT2D eigenvalue weighted by atomic mass is 10.1. The summed E-state index contributed by atoms with van der Waals surface area (Å²) in [6, 6.07) is -0.550. The minimum absolute atomic E-state index is 0.0417. The molecule has 2 bridgehead atoms. The van der Waals surface area contributed by atoms with Crippen molar-refractivity contribution < 1.29 is 19.0 Å². The Morgan fingerprint density at radius 3 is 3.08 bits per heavy atom. The molecular weight excluding hydrogens is 369 g/mol. The Kier molecular flexibility index (Phi) is 4.16. The van der Waals surface area contributed by atoms with Gasteiger partial charge in [-0.25, -0.2) is 14.2 Å². The van der Waals surface area contributed by atoms with Crippen LogP contribution in [0.5, 0.6) is 5.88 Å². The van der Waals surface area contributed by atoms with E-state index in [-0.39, 0.29) is 41.5 Å². The van der Waals surface area contributed by atoms with Gasteiger partial charge in [0.15, 0.2) is 11.0 Å². The maximum atomic E-state index is 14.1. The van der Waals surface area contributed by atoms with Crippen LogP contribution in [0.15, 0.2) is 11.1 Å². The minimum atomic E-state index is -0.960. The van der Waals surface area contributed by atoms with Crippen molar-refractivity contribution >= 4 is 28.6 Å². The Morgan fingerprint density at radius 1 is 1.50 bits per heavy atom. The number of pyridine rings is 1. The van der Waals surface area contributed by atoms with Crippen LogP contribution in [0.25, 0.3) is 10.9 Å². The van der Waals surface area contributed by atoms with Gasteiger partial charge in [-0.05, 0) is 12.8 Å². The van der Waals surface area contributed by atoms with Crippen molar-refractivity contribution in [2.24, 2.45) is 0 Å². The zero-order chi connectivity index (χ0) is 18.4. The third kappa shape index (κ3) is 2.65. The van der Waals surface area contributed by atoms with Crippen LogP contribution in [-0.4, -0.2) is 62.3 Å². The van der Waals surface area contributed by atoms with Crippen LogP contribution in [0.3, 0.4) is 0 Å². The monoisotopic (exact) mass is 383 g/mol. The number of fused-ring (bicyclic) bond motifs is 3. The molecule has 1 amide bonds. The van der Waals surface area contributed by atoms with E-state index in [1.54, 1.807) is 0 Å². The number of H-pyrrole nitrogens is 1. The number of amides is 1. The molecule has 0 spiro atoms. The van der Waals surface area contributed by atoms with Crippen LogP contribution in [0, 0.1) is 5.82 Å². The molecule has 0 radical (unpaired) electrons. The second-order valence-corrected chi connectivity index (χ2v) is 6.65. The third-order valence-electron chi connectivity index (χ3n) is 4.90. The number of halogens is 2. The fourth-order valence-corrected chi connectivity index (χ4v) is 3.89. The van der Waals surface area contributed by atoms with Gasteiger partial charge in [0.25, 0.3) is 5.56 Å². The van der Waals surface area contributed by atoms with Crippen LogP contribution in [0.4, 0.5) is 9.18 Å². The molecule has 2 aromatic rings. The van der Waals surface area contributed by atoms with E-state index in [9.17, 15) is 19.1 Å². The average Bonchev–Trinajstić information content (AvgIpc) is 2.93. The number of aromatic amines is 1. The maximum Gasteiger partial charge on any atom is 0.407 e. The summed E-state index contributed by atoms with van der Waals surface area (Å²) in [7, 11) is 0. The van der Waals surface area contributed by atoms with Crippen LogP contribution < -0.4 is 15.6 Å². The van der Waals surface area contributed by atoms with Gasteiger partial charge in [-0.1, -0.05) is 11.6 Å². The number of aromatic nitrogens is 3. The molecule has 2 aromatic heterocycles. The van der Waals surface area contributed by atoms with Crippen molar-refractivity contribution in [3.05, 3.63) is 27.7 Å². The van der Waals surface area contributed by atoms with Crippen LogP contribution in [-0.2, 0) is 0 Å². The highest BCUT2D eigenvalue weighted by Gasteiger charge is 2.45. The maximum absolute atomic E-state index is 14.1. The van der Waals surface area contributed by atoms with Gasteiger partial charge in [0.05, 0.1) is 18.4 Å². The zero-order valence-electron chi connectivity index (χ0n) is 13.4. The van der Waals surface area contributed by atoms with Gasteiger partial charge >= 0.3 is 6.09 Å². The predicted octanol–water partition coefficient (Wildman–Crippen LogP) is 0.972. The molecule has 0 aromatic carbocycles. The molecule has 26 heavy (non-hydrogen) atoms. The highest BCUT2D eigenvalue weighted by molar-refractivity contribution is 6.30. The molecule has 9 nitrogen and oxygen atoms in total. The smallest absolute Gasteiger partial charge is 0.407 e. The molecule has 11 heteroatoms. The number of rotatable bonds is 3. The average molecular weight is 384 g/mol. The van der Waals surface area contributed by atoms with Gasteiger partial charge < -0.3 is 20.1 Å². The summed E-state index contributed by atoms with van der Waals surface area (Å²) in [5.41, 5.74) is -0.828. The molecule has 3 atom stereocenters. The van der Waals surface area contributed by atoms with Crippen molar-refractivity contribution in [2.45, 2.75) is 31.0 Å². The topological polar surface area (TPSA) is 120 Å². The molecule has 0 unspecified atom stereocenters. The van der Waals surface area contributed by atoms with Gasteiger partial charge in [-0.2, -0.15) is 4.98 Å². The number of carboxylic acid groups (broad SMARTS) is 1. The quantitative estimate of drug-likeness (QED) is 0.675. The molecule has 2 fully saturated rings. The summed E-state index contributed by atoms with van der Waals surface area (Å²) in [4.78, 5) is 34.9. The van der Waals surface area contributed by atoms with Gasteiger partial charge in [0, 0.05) is 12.6 Å². The van der Waals surface area contributed by atoms with Gasteiger partial charge in [0.2, 0.25) is 5.88 Å². The number of nitrogens with zero attached hydrogens (tertiary/aromatic N) is 3. The standard InChI is InChI=1S/C15H15ClFN5O4/c16-12-10(17)11-9(13(23)20-5-19-11)14(21-12)26-4-7-8-2-1-6(3-18-7)22(8)15(24)25/h5-8,18H,1-4H2,(H,24,25)(H,19,20,23)/t6-,7-,8+/m1/s1. The molecule has 0 aliphatic carbocycles. The summed E-state index contributed by atoms with van der Waals surface area (Å²) in [5.74, 6) is -1.03. The Morgan fingerprint density at radius 2 is 2.31 bits per heavy atom. The van der Waals surface area contributed by atoms with E-state index in [4.69, 9.17) is 16.3 Å². The fraction of sp³-hybridized carbons (Fsp3) is 0.467. The Balaban J connectivity index is 1.62. The summed E-state index contributed by atoms with van der Waals surface area (Å²) < 4.78 is 19.7. The molecule has 4 rings (SSSR count). The molecule has 2 saturated heterocycles. The summed E-state index contributed by atoms with van der Waals surface area (Å²) in [6.45, 7) is 0.580. The fourth-order valence-electron chi connectivity index (χ4n) is 3.73. The van der Waals surface area contributed by atoms with E-state index in [1.165, 1.54) is 4.90 Å². The van der Waals surface area contributed by atoms with Crippen LogP contribution in [0.1, 0.15) is 12.8 Å². The molecule has 2 aliphatic heterocycles. The van der Waals surface area contributed by atoms with Crippen molar-refractivity contribution in [1.29, 1.82) is 0 Å². The predicted molar refractivity (Wildman–Crippen MR) is 89.1 cm³/mol. The highest BCUT2D eigenvalue weighted by Crippen LogP contribution is 2.31. The van der Waals surface area contributed by atoms with E-state index in [0.29, 0.717) is 6.54 Å². The number of hydrogen-bond acceptors (Lipinski definition) is 6. The van der Waals surface area contributed by atoms with E-state index >= 15 is 0 Å². The Bertz CT molecular complexity index is 938. The minimum Gasteiger partial charge on any atom is -0.475 e. The molecular formula is C15H15ClFN5O4. The Hall–Kier alpha value is -2.46. The molecule has 3 N–H and O–H groups in total. The number of piperazine rings is 1. The van der Waals surface area contributed by atoms with Crippen LogP contribution in [0.2, 0.25) is 5.15 Å². The first-order valence-electron chi connectivity index (χ1n) is 8.07. The van der Waals surface area contributed by atoms with Gasteiger partial charge in [-0.3, -0.25) is 9.69 Å². The third-order valence-corrected chi connectivity index (χ3v) is 5.15. The number of nitrogens with one attached hydrogen (secondary N) is 2. The first-order valence-corrected chi connectivity index (χ1v) is 8.45. The lowest BCUT2D eigenvalue weighted by Crippen LogP contribution is -2.61. The van der Waals surface area contributed by atoms with Crippen LogP contribution >= 0.6 is 11.6 Å². The number of ether oxygens (including phenoxy) is 1.